The summed E-state index contributed by atoms with van der Waals surface area (Å²) in [4.78, 5) is 5.00. The maximum absolute atomic E-state index is 6.15. The number of anilines is 1. The van der Waals surface area contributed by atoms with Gasteiger partial charge in [-0.3, -0.25) is 0 Å². The number of piperazine rings is 1. The summed E-state index contributed by atoms with van der Waals surface area (Å²) in [5, 5.41) is 3.65. The second-order valence-corrected chi connectivity index (χ2v) is 9.53. The molecule has 1 unspecified atom stereocenters. The van der Waals surface area contributed by atoms with Crippen molar-refractivity contribution in [1.82, 2.24) is 10.2 Å². The molecule has 2 aliphatic heterocycles. The zero-order valence-electron chi connectivity index (χ0n) is 21.5. The van der Waals surface area contributed by atoms with Crippen molar-refractivity contribution in [3.05, 3.63) is 95.1 Å². The van der Waals surface area contributed by atoms with Crippen molar-refractivity contribution >= 4 is 11.8 Å². The number of fused-ring (bicyclic) bond motifs is 1. The molecule has 0 radical (unpaired) electrons. The quantitative estimate of drug-likeness (QED) is 0.470. The predicted octanol–water partition coefficient (Wildman–Crippen LogP) is 5.32. The van der Waals surface area contributed by atoms with Crippen molar-refractivity contribution in [3.63, 3.8) is 0 Å². The van der Waals surface area contributed by atoms with Crippen LogP contribution in [0.25, 0.3) is 6.08 Å². The third-order valence-corrected chi connectivity index (χ3v) is 7.32. The lowest BCUT2D eigenvalue weighted by atomic mass is 9.93. The number of methoxy groups -OCH3 is 1. The van der Waals surface area contributed by atoms with E-state index in [0.29, 0.717) is 6.61 Å². The molecule has 188 valence electrons. The van der Waals surface area contributed by atoms with Crippen LogP contribution in [0.2, 0.25) is 0 Å². The average molecular weight is 484 g/mol. The van der Waals surface area contributed by atoms with Crippen LogP contribution in [0.4, 0.5) is 5.69 Å². The van der Waals surface area contributed by atoms with E-state index in [9.17, 15) is 0 Å². The maximum Gasteiger partial charge on any atom is 0.161 e. The minimum atomic E-state index is 0.146. The van der Waals surface area contributed by atoms with Gasteiger partial charge in [-0.05, 0) is 59.5 Å². The molecule has 0 saturated carbocycles. The fourth-order valence-electron chi connectivity index (χ4n) is 5.10. The van der Waals surface area contributed by atoms with E-state index in [-0.39, 0.29) is 6.04 Å². The Kier molecular flexibility index (Phi) is 7.89. The van der Waals surface area contributed by atoms with Crippen LogP contribution in [-0.4, -0.2) is 51.3 Å². The Labute approximate surface area is 215 Å². The highest BCUT2D eigenvalue weighted by molar-refractivity contribution is 5.58. The molecule has 1 N–H and O–H groups in total. The summed E-state index contributed by atoms with van der Waals surface area (Å²) in [6.07, 6.45) is 5.46. The Bertz CT molecular complexity index is 1150. The number of nitrogens with one attached hydrogen (secondary N) is 1. The van der Waals surface area contributed by atoms with Crippen LogP contribution in [0, 0.1) is 0 Å². The molecule has 5 heteroatoms. The molecule has 1 saturated heterocycles. The second-order valence-electron chi connectivity index (χ2n) is 9.53. The molecule has 0 aliphatic carbocycles. The number of likely N-dealkylation sites (N-methyl/N-ethyl adjacent to an activating group) is 1. The summed E-state index contributed by atoms with van der Waals surface area (Å²) in [6, 6.07) is 23.6. The van der Waals surface area contributed by atoms with Gasteiger partial charge in [-0.2, -0.15) is 0 Å². The summed E-state index contributed by atoms with van der Waals surface area (Å²) in [6.45, 7) is 9.35. The van der Waals surface area contributed by atoms with Crippen LogP contribution < -0.4 is 19.7 Å². The fourth-order valence-corrected chi connectivity index (χ4v) is 5.10. The van der Waals surface area contributed by atoms with Gasteiger partial charge in [-0.25, -0.2) is 0 Å². The Morgan fingerprint density at radius 1 is 0.944 bits per heavy atom. The average Bonchev–Trinajstić information content (AvgIpc) is 2.95. The van der Waals surface area contributed by atoms with Crippen molar-refractivity contribution in [2.75, 3.05) is 51.3 Å². The van der Waals surface area contributed by atoms with Gasteiger partial charge < -0.3 is 24.6 Å². The molecular formula is C31H37N3O2. The highest BCUT2D eigenvalue weighted by Crippen LogP contribution is 2.36. The molecule has 36 heavy (non-hydrogen) atoms. The Balaban J connectivity index is 1.27. The number of hydrogen-bond donors (Lipinski definition) is 1. The first-order valence-corrected chi connectivity index (χ1v) is 13.1. The topological polar surface area (TPSA) is 37.0 Å². The predicted molar refractivity (Wildman–Crippen MR) is 148 cm³/mol. The van der Waals surface area contributed by atoms with E-state index in [1.807, 2.05) is 18.2 Å². The molecule has 1 fully saturated rings. The number of rotatable bonds is 8. The van der Waals surface area contributed by atoms with E-state index in [1.165, 1.54) is 22.4 Å². The van der Waals surface area contributed by atoms with Gasteiger partial charge in [0.15, 0.2) is 11.5 Å². The van der Waals surface area contributed by atoms with Gasteiger partial charge in [0.05, 0.1) is 13.2 Å². The third-order valence-electron chi connectivity index (χ3n) is 7.32. The number of benzene rings is 3. The van der Waals surface area contributed by atoms with Crippen LogP contribution in [0.3, 0.4) is 0 Å². The summed E-state index contributed by atoms with van der Waals surface area (Å²) >= 11 is 0. The molecule has 3 aromatic rings. The van der Waals surface area contributed by atoms with E-state index < -0.39 is 0 Å². The lowest BCUT2D eigenvalue weighted by molar-refractivity contribution is 0.271. The van der Waals surface area contributed by atoms with Crippen LogP contribution in [-0.2, 0) is 13.0 Å². The van der Waals surface area contributed by atoms with Gasteiger partial charge in [0, 0.05) is 38.4 Å². The van der Waals surface area contributed by atoms with Crippen molar-refractivity contribution in [2.24, 2.45) is 0 Å². The fraction of sp³-hybridized carbons (Fsp3) is 0.355. The summed E-state index contributed by atoms with van der Waals surface area (Å²) in [7, 11) is 1.71. The molecule has 0 aromatic heterocycles. The first-order chi connectivity index (χ1) is 17.7. The second kappa shape index (κ2) is 11.6. The van der Waals surface area contributed by atoms with Crippen LogP contribution in [0.1, 0.15) is 35.2 Å². The van der Waals surface area contributed by atoms with E-state index in [1.54, 1.807) is 7.11 Å². The summed E-state index contributed by atoms with van der Waals surface area (Å²) in [5.74, 6) is 1.58. The minimum absolute atomic E-state index is 0.146. The van der Waals surface area contributed by atoms with Crippen molar-refractivity contribution in [3.8, 4) is 11.5 Å². The van der Waals surface area contributed by atoms with Crippen molar-refractivity contribution in [2.45, 2.75) is 26.0 Å². The molecule has 1 atom stereocenters. The van der Waals surface area contributed by atoms with Crippen molar-refractivity contribution in [1.29, 1.82) is 0 Å². The van der Waals surface area contributed by atoms with Crippen molar-refractivity contribution < 1.29 is 9.47 Å². The number of hydrogen-bond acceptors (Lipinski definition) is 5. The zero-order valence-corrected chi connectivity index (χ0v) is 21.5. The van der Waals surface area contributed by atoms with Gasteiger partial charge in [0.1, 0.15) is 6.61 Å². The lowest BCUT2D eigenvalue weighted by Gasteiger charge is -2.35. The molecule has 3 aromatic carbocycles. The molecule has 2 heterocycles. The minimum Gasteiger partial charge on any atom is -0.493 e. The molecule has 5 nitrogen and oxygen atoms in total. The highest BCUT2D eigenvalue weighted by Gasteiger charge is 2.21. The molecule has 0 bridgehead atoms. The number of nitrogens with zero attached hydrogens (tertiary/aromatic N) is 2. The zero-order chi connectivity index (χ0) is 24.7. The first-order valence-electron chi connectivity index (χ1n) is 13.1. The van der Waals surface area contributed by atoms with E-state index >= 15 is 0 Å². The standard InChI is InChI=1S/C31H37N3O2/c1-3-33-17-19-34(20-18-33)27-12-9-24(10-13-27)11-14-29-28-22-30(35-2)31(21-26(28)15-16-32-29)36-23-25-7-5-4-6-8-25/h4-14,21-22,29,32H,3,15-20,23H2,1-2H3. The van der Waals surface area contributed by atoms with E-state index in [2.05, 4.69) is 82.7 Å². The normalized spacial score (nSPS) is 18.3. The SMILES string of the molecule is CCN1CCN(c2ccc(C=CC3NCCc4cc(OCc5ccccc5)c(OC)cc43)cc2)CC1. The van der Waals surface area contributed by atoms with Gasteiger partial charge in [0.2, 0.25) is 0 Å². The van der Waals surface area contributed by atoms with Gasteiger partial charge in [-0.15, -0.1) is 0 Å². The molecule has 2 aliphatic rings. The Morgan fingerprint density at radius 3 is 2.44 bits per heavy atom. The van der Waals surface area contributed by atoms with E-state index in [0.717, 1.165) is 62.8 Å². The Hall–Kier alpha value is -3.28. The monoisotopic (exact) mass is 483 g/mol. The molecular weight excluding hydrogens is 446 g/mol. The maximum atomic E-state index is 6.15. The summed E-state index contributed by atoms with van der Waals surface area (Å²) in [5.41, 5.74) is 6.25. The van der Waals surface area contributed by atoms with E-state index in [4.69, 9.17) is 9.47 Å². The van der Waals surface area contributed by atoms with Crippen LogP contribution >= 0.6 is 0 Å². The molecule has 0 amide bonds. The smallest absolute Gasteiger partial charge is 0.161 e. The van der Waals surface area contributed by atoms with Gasteiger partial charge >= 0.3 is 0 Å². The molecule has 0 spiro atoms. The molecule has 5 rings (SSSR count). The summed E-state index contributed by atoms with van der Waals surface area (Å²) < 4.78 is 11.9. The Morgan fingerprint density at radius 2 is 1.72 bits per heavy atom. The highest BCUT2D eigenvalue weighted by atomic mass is 16.5. The van der Waals surface area contributed by atoms with Gasteiger partial charge in [-0.1, -0.05) is 61.5 Å². The first kappa shape index (κ1) is 24.4. The van der Waals surface area contributed by atoms with Crippen LogP contribution in [0.15, 0.2) is 72.8 Å². The van der Waals surface area contributed by atoms with Gasteiger partial charge in [0.25, 0.3) is 0 Å². The van der Waals surface area contributed by atoms with Crippen LogP contribution in [0.5, 0.6) is 11.5 Å². The number of ether oxygens (including phenoxy) is 2. The third kappa shape index (κ3) is 5.75. The largest absolute Gasteiger partial charge is 0.493 e. The lowest BCUT2D eigenvalue weighted by Crippen LogP contribution is -2.46.